The van der Waals surface area contributed by atoms with Crippen molar-refractivity contribution in [3.8, 4) is 51.0 Å². The summed E-state index contributed by atoms with van der Waals surface area (Å²) < 4.78 is 11.4. The Bertz CT molecular complexity index is 3420. The Morgan fingerprint density at radius 2 is 1.02 bits per heavy atom. The zero-order chi connectivity index (χ0) is 37.5. The van der Waals surface area contributed by atoms with E-state index < -0.39 is 0 Å². The van der Waals surface area contributed by atoms with Gasteiger partial charge in [0.25, 0.3) is 0 Å². The van der Waals surface area contributed by atoms with Gasteiger partial charge >= 0.3 is 0 Å². The molecule has 0 saturated carbocycles. The summed E-state index contributed by atoms with van der Waals surface area (Å²) in [5.74, 6) is 1.86. The van der Waals surface area contributed by atoms with Crippen molar-refractivity contribution in [2.24, 2.45) is 0 Å². The van der Waals surface area contributed by atoms with Crippen LogP contribution in [0.3, 0.4) is 0 Å². The van der Waals surface area contributed by atoms with Crippen molar-refractivity contribution < 1.29 is 4.42 Å². The lowest BCUT2D eigenvalue weighted by atomic mass is 9.97. The Morgan fingerprint density at radius 1 is 0.386 bits per heavy atom. The molecule has 0 amide bonds. The number of hydrogen-bond donors (Lipinski definition) is 0. The molecule has 5 nitrogen and oxygen atoms in total. The van der Waals surface area contributed by atoms with Crippen LogP contribution in [0.5, 0.6) is 0 Å². The summed E-state index contributed by atoms with van der Waals surface area (Å²) in [6.07, 6.45) is 0. The van der Waals surface area contributed by atoms with E-state index in [0.717, 1.165) is 49.9 Å². The number of thiophene rings is 1. The van der Waals surface area contributed by atoms with Gasteiger partial charge in [-0.15, -0.1) is 11.3 Å². The van der Waals surface area contributed by atoms with Crippen LogP contribution in [0.4, 0.5) is 0 Å². The van der Waals surface area contributed by atoms with Crippen molar-refractivity contribution in [3.63, 3.8) is 0 Å². The van der Waals surface area contributed by atoms with Crippen LogP contribution in [0.15, 0.2) is 186 Å². The largest absolute Gasteiger partial charge is 0.456 e. The minimum Gasteiger partial charge on any atom is -0.456 e. The van der Waals surface area contributed by atoms with Gasteiger partial charge in [0.15, 0.2) is 17.5 Å². The number of furan rings is 1. The Labute approximate surface area is 330 Å². The number of aromatic nitrogens is 4. The van der Waals surface area contributed by atoms with Crippen LogP contribution in [-0.4, -0.2) is 19.5 Å². The van der Waals surface area contributed by atoms with E-state index in [1.54, 1.807) is 0 Å². The Balaban J connectivity index is 1.03. The molecule has 0 unspecified atom stereocenters. The molecule has 0 atom stereocenters. The van der Waals surface area contributed by atoms with Crippen LogP contribution in [0.2, 0.25) is 0 Å². The SMILES string of the molecule is c1ccc(-c2nc(-c3ccccc3)nc(-c3cccc4oc5ccc(-c6cccc7sc8cc(-n9c%10ccccc%10c%10ccccc%109)ccc8c67)cc5c34)n2)cc1. The highest BCUT2D eigenvalue weighted by Crippen LogP contribution is 2.44. The van der Waals surface area contributed by atoms with Crippen molar-refractivity contribution in [2.45, 2.75) is 0 Å². The van der Waals surface area contributed by atoms with E-state index >= 15 is 0 Å². The van der Waals surface area contributed by atoms with Gasteiger partial charge in [0.1, 0.15) is 11.2 Å². The van der Waals surface area contributed by atoms with Gasteiger partial charge in [-0.25, -0.2) is 15.0 Å². The predicted molar refractivity (Wildman–Crippen MR) is 236 cm³/mol. The average molecular weight is 747 g/mol. The second-order valence-corrected chi connectivity index (χ2v) is 15.4. The van der Waals surface area contributed by atoms with Gasteiger partial charge < -0.3 is 8.98 Å². The predicted octanol–water partition coefficient (Wildman–Crippen LogP) is 13.9. The minimum absolute atomic E-state index is 0.603. The van der Waals surface area contributed by atoms with Gasteiger partial charge in [0, 0.05) is 64.1 Å². The topological polar surface area (TPSA) is 56.7 Å². The standard InChI is InChI=1S/C51H30N4OS/c1-3-13-31(14-4-1)49-52-50(32-15-5-2-6-16-32)54-51(53-49)39-20-11-23-44-47(39)40-29-33(25-28-43(40)56-44)35-19-12-24-45-48(35)38-27-26-34(30-46(38)57-45)55-41-21-9-7-17-36(41)37-18-8-10-22-42(37)55/h1-30H. The molecule has 12 aromatic rings. The van der Waals surface area contributed by atoms with E-state index in [1.165, 1.54) is 47.5 Å². The van der Waals surface area contributed by atoms with Crippen LogP contribution < -0.4 is 0 Å². The zero-order valence-electron chi connectivity index (χ0n) is 30.4. The molecule has 6 heteroatoms. The molecular formula is C51H30N4OS. The van der Waals surface area contributed by atoms with Gasteiger partial charge in [0.2, 0.25) is 0 Å². The van der Waals surface area contributed by atoms with Gasteiger partial charge in [-0.1, -0.05) is 133 Å². The molecule has 0 bridgehead atoms. The number of benzene rings is 8. The average Bonchev–Trinajstić information content (AvgIpc) is 3.96. The summed E-state index contributed by atoms with van der Waals surface area (Å²) in [5.41, 5.74) is 10.3. The third-order valence-corrected chi connectivity index (χ3v) is 12.2. The summed E-state index contributed by atoms with van der Waals surface area (Å²) in [4.78, 5) is 15.1. The number of hydrogen-bond acceptors (Lipinski definition) is 5. The third kappa shape index (κ3) is 5.04. The normalized spacial score (nSPS) is 11.9. The summed E-state index contributed by atoms with van der Waals surface area (Å²) in [7, 11) is 0. The molecule has 0 N–H and O–H groups in total. The summed E-state index contributed by atoms with van der Waals surface area (Å²) >= 11 is 1.84. The van der Waals surface area contributed by atoms with Crippen LogP contribution in [0.1, 0.15) is 0 Å². The molecule has 0 saturated heterocycles. The molecule has 4 heterocycles. The first kappa shape index (κ1) is 31.9. The molecular weight excluding hydrogens is 717 g/mol. The Morgan fingerprint density at radius 3 is 1.74 bits per heavy atom. The first-order chi connectivity index (χ1) is 28.2. The highest BCUT2D eigenvalue weighted by Gasteiger charge is 2.20. The Kier molecular flexibility index (Phi) is 7.03. The van der Waals surface area contributed by atoms with Crippen molar-refractivity contribution in [2.75, 3.05) is 0 Å². The van der Waals surface area contributed by atoms with Crippen molar-refractivity contribution in [3.05, 3.63) is 182 Å². The molecule has 4 aromatic heterocycles. The van der Waals surface area contributed by atoms with E-state index in [-0.39, 0.29) is 0 Å². The van der Waals surface area contributed by atoms with Crippen LogP contribution in [0, 0.1) is 0 Å². The molecule has 57 heavy (non-hydrogen) atoms. The monoisotopic (exact) mass is 746 g/mol. The lowest BCUT2D eigenvalue weighted by Gasteiger charge is -2.10. The fourth-order valence-corrected chi connectivity index (χ4v) is 9.67. The number of fused-ring (bicyclic) bond motifs is 9. The van der Waals surface area contributed by atoms with Gasteiger partial charge in [-0.3, -0.25) is 0 Å². The summed E-state index contributed by atoms with van der Waals surface area (Å²) in [6, 6.07) is 63.8. The first-order valence-corrected chi connectivity index (χ1v) is 19.8. The minimum atomic E-state index is 0.603. The van der Waals surface area contributed by atoms with Crippen molar-refractivity contribution in [1.29, 1.82) is 0 Å². The fraction of sp³-hybridized carbons (Fsp3) is 0. The van der Waals surface area contributed by atoms with E-state index in [4.69, 9.17) is 19.4 Å². The maximum absolute atomic E-state index is 6.52. The Hall–Kier alpha value is -7.41. The summed E-state index contributed by atoms with van der Waals surface area (Å²) in [6.45, 7) is 0. The van der Waals surface area contributed by atoms with Crippen molar-refractivity contribution >= 4 is 75.3 Å². The summed E-state index contributed by atoms with van der Waals surface area (Å²) in [5, 5.41) is 7.04. The lowest BCUT2D eigenvalue weighted by molar-refractivity contribution is 0.669. The molecule has 0 aliphatic carbocycles. The molecule has 0 aliphatic rings. The maximum Gasteiger partial charge on any atom is 0.164 e. The van der Waals surface area contributed by atoms with Gasteiger partial charge in [0.05, 0.1) is 11.0 Å². The third-order valence-electron chi connectivity index (χ3n) is 11.1. The van der Waals surface area contributed by atoms with Gasteiger partial charge in [-0.2, -0.15) is 0 Å². The van der Waals surface area contributed by atoms with E-state index in [2.05, 4.69) is 114 Å². The second kappa shape index (κ2) is 12.6. The maximum atomic E-state index is 6.52. The van der Waals surface area contributed by atoms with Gasteiger partial charge in [-0.05, 0) is 59.7 Å². The first-order valence-electron chi connectivity index (χ1n) is 19.0. The number of para-hydroxylation sites is 2. The quantitative estimate of drug-likeness (QED) is 0.176. The molecule has 266 valence electrons. The van der Waals surface area contributed by atoms with E-state index in [0.29, 0.717) is 17.5 Å². The number of rotatable bonds is 5. The van der Waals surface area contributed by atoms with Crippen LogP contribution in [0.25, 0.3) is 115 Å². The van der Waals surface area contributed by atoms with Crippen molar-refractivity contribution in [1.82, 2.24) is 19.5 Å². The highest BCUT2D eigenvalue weighted by atomic mass is 32.1. The molecule has 0 radical (unpaired) electrons. The van der Waals surface area contributed by atoms with Crippen LogP contribution >= 0.6 is 11.3 Å². The smallest absolute Gasteiger partial charge is 0.164 e. The molecule has 0 fully saturated rings. The van der Waals surface area contributed by atoms with E-state index in [9.17, 15) is 0 Å². The lowest BCUT2D eigenvalue weighted by Crippen LogP contribution is -2.00. The zero-order valence-corrected chi connectivity index (χ0v) is 31.2. The molecule has 0 spiro atoms. The van der Waals surface area contributed by atoms with Crippen LogP contribution in [-0.2, 0) is 0 Å². The van der Waals surface area contributed by atoms with E-state index in [1.807, 2.05) is 84.1 Å². The number of nitrogens with zero attached hydrogens (tertiary/aromatic N) is 4. The fourth-order valence-electron chi connectivity index (χ4n) is 8.50. The second-order valence-electron chi connectivity index (χ2n) is 14.4. The molecule has 0 aliphatic heterocycles. The molecule has 8 aromatic carbocycles. The highest BCUT2D eigenvalue weighted by molar-refractivity contribution is 7.26. The molecule has 12 rings (SSSR count).